The fourth-order valence-electron chi connectivity index (χ4n) is 3.87. The van der Waals surface area contributed by atoms with Gasteiger partial charge in [0, 0.05) is 19.5 Å². The number of hydrogen-bond acceptors (Lipinski definition) is 7. The minimum absolute atomic E-state index is 0.0591. The van der Waals surface area contributed by atoms with Crippen molar-refractivity contribution >= 4 is 35.6 Å². The zero-order chi connectivity index (χ0) is 27.4. The minimum Gasteiger partial charge on any atom is -0.481 e. The molecule has 204 valence electrons. The van der Waals surface area contributed by atoms with Gasteiger partial charge in [0.1, 0.15) is 18.1 Å². The number of nitrogens with two attached hydrogens (primary N) is 3. The Morgan fingerprint density at radius 3 is 2.33 bits per heavy atom. The van der Waals surface area contributed by atoms with Crippen molar-refractivity contribution < 1.29 is 34.2 Å². The molecular formula is C22H39N7O7. The van der Waals surface area contributed by atoms with Crippen LogP contribution in [0.3, 0.4) is 0 Å². The third kappa shape index (κ3) is 9.68. The smallest absolute Gasteiger partial charge is 0.326 e. The van der Waals surface area contributed by atoms with E-state index in [9.17, 15) is 29.1 Å². The molecule has 5 atom stereocenters. The first-order valence-corrected chi connectivity index (χ1v) is 12.1. The number of rotatable bonds is 15. The molecule has 1 heterocycles. The van der Waals surface area contributed by atoms with Crippen molar-refractivity contribution in [3.8, 4) is 0 Å². The summed E-state index contributed by atoms with van der Waals surface area (Å²) in [6.07, 6.45) is 1.44. The summed E-state index contributed by atoms with van der Waals surface area (Å²) in [6, 6.07) is -4.14. The summed E-state index contributed by atoms with van der Waals surface area (Å²) in [4.78, 5) is 66.4. The zero-order valence-electron chi connectivity index (χ0n) is 20.8. The van der Waals surface area contributed by atoms with Crippen molar-refractivity contribution in [3.05, 3.63) is 0 Å². The van der Waals surface area contributed by atoms with Gasteiger partial charge in [0.25, 0.3) is 0 Å². The first-order valence-electron chi connectivity index (χ1n) is 12.1. The lowest BCUT2D eigenvalue weighted by atomic mass is 9.96. The average Bonchev–Trinajstić information content (AvgIpc) is 3.31. The van der Waals surface area contributed by atoms with Gasteiger partial charge < -0.3 is 42.9 Å². The molecule has 0 saturated carbocycles. The molecule has 1 fully saturated rings. The van der Waals surface area contributed by atoms with Crippen molar-refractivity contribution in [2.75, 3.05) is 13.1 Å². The molecule has 14 heteroatoms. The predicted molar refractivity (Wildman–Crippen MR) is 130 cm³/mol. The summed E-state index contributed by atoms with van der Waals surface area (Å²) in [6.45, 7) is 4.23. The van der Waals surface area contributed by atoms with Gasteiger partial charge in [-0.05, 0) is 38.0 Å². The number of carbonyl (C=O) groups excluding carboxylic acids is 3. The van der Waals surface area contributed by atoms with E-state index in [0.717, 1.165) is 0 Å². The minimum atomic E-state index is -1.40. The number of aliphatic carboxylic acids is 2. The summed E-state index contributed by atoms with van der Waals surface area (Å²) in [5.41, 5.74) is 16.5. The van der Waals surface area contributed by atoms with Gasteiger partial charge >= 0.3 is 11.9 Å². The van der Waals surface area contributed by atoms with Crippen molar-refractivity contribution in [2.45, 2.75) is 83.0 Å². The van der Waals surface area contributed by atoms with Crippen LogP contribution in [0.1, 0.15) is 58.8 Å². The topological polar surface area (TPSA) is 244 Å². The van der Waals surface area contributed by atoms with Crippen LogP contribution in [-0.4, -0.2) is 88.0 Å². The maximum atomic E-state index is 13.4. The fourth-order valence-corrected chi connectivity index (χ4v) is 3.87. The van der Waals surface area contributed by atoms with Crippen LogP contribution in [0.5, 0.6) is 0 Å². The lowest BCUT2D eigenvalue weighted by molar-refractivity contribution is -0.146. The Bertz CT molecular complexity index is 832. The lowest BCUT2D eigenvalue weighted by Gasteiger charge is -2.32. The number of nitrogens with one attached hydrogen (secondary N) is 2. The number of likely N-dealkylation sites (tertiary alicyclic amines) is 1. The maximum absolute atomic E-state index is 13.4. The van der Waals surface area contributed by atoms with Gasteiger partial charge in [0.05, 0.1) is 6.04 Å². The number of guanidine groups is 1. The van der Waals surface area contributed by atoms with Gasteiger partial charge in [-0.1, -0.05) is 20.3 Å². The van der Waals surface area contributed by atoms with Crippen molar-refractivity contribution in [1.29, 1.82) is 0 Å². The van der Waals surface area contributed by atoms with Crippen LogP contribution in [0.25, 0.3) is 0 Å². The van der Waals surface area contributed by atoms with Gasteiger partial charge in [-0.25, -0.2) is 4.79 Å². The molecule has 14 nitrogen and oxygen atoms in total. The van der Waals surface area contributed by atoms with Crippen molar-refractivity contribution in [2.24, 2.45) is 28.1 Å². The third-order valence-corrected chi connectivity index (χ3v) is 6.18. The van der Waals surface area contributed by atoms with E-state index in [1.807, 2.05) is 6.92 Å². The normalized spacial score (nSPS) is 18.4. The second-order valence-electron chi connectivity index (χ2n) is 8.95. The van der Waals surface area contributed by atoms with Crippen LogP contribution in [-0.2, 0) is 24.0 Å². The molecular weight excluding hydrogens is 474 g/mol. The number of hydrogen-bond donors (Lipinski definition) is 7. The largest absolute Gasteiger partial charge is 0.481 e. The van der Waals surface area contributed by atoms with Crippen LogP contribution in [0, 0.1) is 5.92 Å². The van der Waals surface area contributed by atoms with Crippen LogP contribution < -0.4 is 27.8 Å². The Hall–Kier alpha value is -3.42. The Labute approximate surface area is 210 Å². The molecule has 0 spiro atoms. The second-order valence-corrected chi connectivity index (χ2v) is 8.95. The maximum Gasteiger partial charge on any atom is 0.326 e. The average molecular weight is 514 g/mol. The molecule has 0 aliphatic carbocycles. The number of aliphatic imine (C=N–C) groups is 1. The van der Waals surface area contributed by atoms with Crippen LogP contribution >= 0.6 is 0 Å². The quantitative estimate of drug-likeness (QED) is 0.0744. The van der Waals surface area contributed by atoms with Crippen molar-refractivity contribution in [1.82, 2.24) is 15.5 Å². The number of carboxylic acid groups (broad SMARTS) is 2. The molecule has 0 aromatic carbocycles. The summed E-state index contributed by atoms with van der Waals surface area (Å²) in [5, 5.41) is 23.2. The lowest BCUT2D eigenvalue weighted by Crippen LogP contribution is -2.58. The molecule has 0 aromatic heterocycles. The zero-order valence-corrected chi connectivity index (χ0v) is 20.8. The monoisotopic (exact) mass is 513 g/mol. The van der Waals surface area contributed by atoms with Crippen LogP contribution in [0.2, 0.25) is 0 Å². The van der Waals surface area contributed by atoms with Gasteiger partial charge in [-0.15, -0.1) is 0 Å². The Balaban J connectivity index is 2.89. The second kappa shape index (κ2) is 14.9. The van der Waals surface area contributed by atoms with Crippen molar-refractivity contribution in [3.63, 3.8) is 0 Å². The molecule has 3 amide bonds. The highest BCUT2D eigenvalue weighted by Gasteiger charge is 2.40. The fraction of sp³-hybridized carbons (Fsp3) is 0.727. The van der Waals surface area contributed by atoms with Gasteiger partial charge in [0.2, 0.25) is 17.7 Å². The Morgan fingerprint density at radius 1 is 1.11 bits per heavy atom. The SMILES string of the molecule is CCC(C)C(NC(=O)C(N)CCCN=C(N)N)C(=O)N1CCCC1C(=O)NC(CCC(=O)O)C(=O)O. The van der Waals surface area contributed by atoms with E-state index in [4.69, 9.17) is 22.3 Å². The van der Waals surface area contributed by atoms with Gasteiger partial charge in [-0.3, -0.25) is 24.2 Å². The molecule has 0 aromatic rings. The highest BCUT2D eigenvalue weighted by molar-refractivity contribution is 5.94. The van der Waals surface area contributed by atoms with Crippen LogP contribution in [0.4, 0.5) is 0 Å². The highest BCUT2D eigenvalue weighted by atomic mass is 16.4. The molecule has 0 radical (unpaired) electrons. The molecule has 1 saturated heterocycles. The van der Waals surface area contributed by atoms with E-state index in [-0.39, 0.29) is 24.8 Å². The molecule has 1 rings (SSSR count). The summed E-state index contributed by atoms with van der Waals surface area (Å²) < 4.78 is 0. The third-order valence-electron chi connectivity index (χ3n) is 6.18. The molecule has 0 bridgehead atoms. The summed E-state index contributed by atoms with van der Waals surface area (Å²) in [7, 11) is 0. The number of carbonyl (C=O) groups is 5. The molecule has 1 aliphatic rings. The number of carboxylic acids is 2. The first kappa shape index (κ1) is 30.6. The van der Waals surface area contributed by atoms with E-state index in [1.54, 1.807) is 6.92 Å². The molecule has 10 N–H and O–H groups in total. The molecule has 5 unspecified atom stereocenters. The molecule has 1 aliphatic heterocycles. The Kier molecular flexibility index (Phi) is 12.6. The number of nitrogens with zero attached hydrogens (tertiary/aromatic N) is 2. The van der Waals surface area contributed by atoms with E-state index in [1.165, 1.54) is 4.90 Å². The standard InChI is InChI=1S/C22H39N7O7/c1-3-12(2)17(28-18(32)13(23)6-4-10-26-22(24)25)20(34)29-11-5-7-15(29)19(33)27-14(21(35)36)8-9-16(30)31/h12-15,17H,3-11,23H2,1-2H3,(H,27,33)(H,28,32)(H,30,31)(H,35,36)(H4,24,25,26). The Morgan fingerprint density at radius 2 is 1.78 bits per heavy atom. The number of amides is 3. The van der Waals surface area contributed by atoms with E-state index in [0.29, 0.717) is 38.6 Å². The summed E-state index contributed by atoms with van der Waals surface area (Å²) in [5.74, 6) is -4.52. The van der Waals surface area contributed by atoms with Gasteiger partial charge in [-0.2, -0.15) is 0 Å². The molecule has 36 heavy (non-hydrogen) atoms. The first-order chi connectivity index (χ1) is 16.9. The van der Waals surface area contributed by atoms with E-state index in [2.05, 4.69) is 15.6 Å². The summed E-state index contributed by atoms with van der Waals surface area (Å²) >= 11 is 0. The van der Waals surface area contributed by atoms with Gasteiger partial charge in [0.15, 0.2) is 5.96 Å². The van der Waals surface area contributed by atoms with Crippen LogP contribution in [0.15, 0.2) is 4.99 Å². The van der Waals surface area contributed by atoms with E-state index < -0.39 is 60.2 Å². The van der Waals surface area contributed by atoms with E-state index >= 15 is 0 Å². The predicted octanol–water partition coefficient (Wildman–Crippen LogP) is -1.68. The highest BCUT2D eigenvalue weighted by Crippen LogP contribution is 2.22.